The van der Waals surface area contributed by atoms with E-state index in [1.54, 1.807) is 6.07 Å². The molecule has 1 amide bonds. The van der Waals surface area contributed by atoms with E-state index in [-0.39, 0.29) is 6.61 Å². The lowest BCUT2D eigenvalue weighted by Gasteiger charge is -2.36. The van der Waals surface area contributed by atoms with Gasteiger partial charge in [-0.25, -0.2) is 4.98 Å². The number of aromatic nitrogens is 1. The third-order valence-electron chi connectivity index (χ3n) is 3.42. The minimum atomic E-state index is -0.459. The molecule has 2 heterocycles. The van der Waals surface area contributed by atoms with Crippen molar-refractivity contribution >= 4 is 11.7 Å². The van der Waals surface area contributed by atoms with Gasteiger partial charge in [0.1, 0.15) is 5.82 Å². The molecule has 1 unspecified atom stereocenters. The van der Waals surface area contributed by atoms with Crippen molar-refractivity contribution in [1.82, 2.24) is 4.98 Å². The molecule has 1 aliphatic rings. The Morgan fingerprint density at radius 1 is 1.50 bits per heavy atom. The highest BCUT2D eigenvalue weighted by molar-refractivity contribution is 5.92. The van der Waals surface area contributed by atoms with E-state index in [0.717, 1.165) is 31.6 Å². The molecule has 1 aromatic rings. The first-order chi connectivity index (χ1) is 8.72. The van der Waals surface area contributed by atoms with Crippen LogP contribution in [0.25, 0.3) is 0 Å². The lowest BCUT2D eigenvalue weighted by atomic mass is 9.99. The van der Waals surface area contributed by atoms with E-state index in [9.17, 15) is 4.79 Å². The summed E-state index contributed by atoms with van der Waals surface area (Å²) in [5.41, 5.74) is 5.62. The summed E-state index contributed by atoms with van der Waals surface area (Å²) in [5.74, 6) is 0.401. The van der Waals surface area contributed by atoms with Gasteiger partial charge < -0.3 is 15.7 Å². The fourth-order valence-electron chi connectivity index (χ4n) is 2.45. The molecule has 0 saturated carbocycles. The minimum Gasteiger partial charge on any atom is -0.396 e. The van der Waals surface area contributed by atoms with Crippen LogP contribution in [-0.2, 0) is 0 Å². The molecule has 1 aliphatic heterocycles. The Hall–Kier alpha value is -1.62. The summed E-state index contributed by atoms with van der Waals surface area (Å²) in [6.07, 6.45) is 5.70. The number of hydrogen-bond donors (Lipinski definition) is 2. The van der Waals surface area contributed by atoms with Gasteiger partial charge in [0.25, 0.3) is 0 Å². The summed E-state index contributed by atoms with van der Waals surface area (Å²) in [6, 6.07) is 3.88. The van der Waals surface area contributed by atoms with Gasteiger partial charge in [0.2, 0.25) is 5.91 Å². The van der Waals surface area contributed by atoms with Crippen LogP contribution in [0.2, 0.25) is 0 Å². The minimum absolute atomic E-state index is 0.195. The molecule has 2 rings (SSSR count). The third kappa shape index (κ3) is 2.79. The number of piperidine rings is 1. The second-order valence-electron chi connectivity index (χ2n) is 4.62. The maximum atomic E-state index is 11.0. The monoisotopic (exact) mass is 249 g/mol. The van der Waals surface area contributed by atoms with Crippen LogP contribution in [0.4, 0.5) is 5.82 Å². The largest absolute Gasteiger partial charge is 0.396 e. The molecule has 0 spiro atoms. The van der Waals surface area contributed by atoms with Gasteiger partial charge in [0.05, 0.1) is 5.56 Å². The number of aliphatic hydroxyl groups is 1. The van der Waals surface area contributed by atoms with Gasteiger partial charge in [-0.2, -0.15) is 0 Å². The number of nitrogens with two attached hydrogens (primary N) is 1. The Labute approximate surface area is 107 Å². The number of rotatable bonds is 4. The van der Waals surface area contributed by atoms with E-state index in [1.165, 1.54) is 12.6 Å². The van der Waals surface area contributed by atoms with E-state index in [2.05, 4.69) is 9.88 Å². The first-order valence-corrected chi connectivity index (χ1v) is 6.35. The number of hydrogen-bond acceptors (Lipinski definition) is 4. The molecule has 1 saturated heterocycles. The molecule has 0 radical (unpaired) electrons. The SMILES string of the molecule is NC(=O)c1ccc(N2CCCCC2CCO)nc1. The molecule has 1 fully saturated rings. The summed E-state index contributed by atoms with van der Waals surface area (Å²) in [4.78, 5) is 17.5. The number of primary amides is 1. The molecule has 98 valence electrons. The molecule has 0 bridgehead atoms. The van der Waals surface area contributed by atoms with Crippen LogP contribution in [-0.4, -0.2) is 35.2 Å². The van der Waals surface area contributed by atoms with E-state index in [0.29, 0.717) is 11.6 Å². The number of amides is 1. The molecule has 3 N–H and O–H groups in total. The van der Waals surface area contributed by atoms with Gasteiger partial charge in [0.15, 0.2) is 0 Å². The van der Waals surface area contributed by atoms with E-state index >= 15 is 0 Å². The Morgan fingerprint density at radius 2 is 2.33 bits per heavy atom. The average Bonchev–Trinajstić information content (AvgIpc) is 2.40. The Balaban J connectivity index is 2.15. The predicted molar refractivity (Wildman–Crippen MR) is 69.4 cm³/mol. The number of anilines is 1. The molecule has 1 aromatic heterocycles. The topological polar surface area (TPSA) is 79.5 Å². The number of carbonyl (C=O) groups is 1. The highest BCUT2D eigenvalue weighted by atomic mass is 16.3. The van der Waals surface area contributed by atoms with Crippen molar-refractivity contribution in [1.29, 1.82) is 0 Å². The lowest BCUT2D eigenvalue weighted by Crippen LogP contribution is -2.40. The number of aliphatic hydroxyl groups excluding tert-OH is 1. The summed E-state index contributed by atoms with van der Waals surface area (Å²) >= 11 is 0. The van der Waals surface area contributed by atoms with Crippen LogP contribution in [0.5, 0.6) is 0 Å². The van der Waals surface area contributed by atoms with Crippen LogP contribution in [0, 0.1) is 0 Å². The Kier molecular flexibility index (Phi) is 4.15. The lowest BCUT2D eigenvalue weighted by molar-refractivity contribution is 0.1000. The summed E-state index contributed by atoms with van der Waals surface area (Å²) in [6.45, 7) is 1.15. The predicted octanol–water partition coefficient (Wildman–Crippen LogP) is 0.922. The zero-order chi connectivity index (χ0) is 13.0. The molecule has 5 heteroatoms. The molecular formula is C13H19N3O2. The second-order valence-corrected chi connectivity index (χ2v) is 4.62. The van der Waals surface area contributed by atoms with Gasteiger partial charge in [-0.3, -0.25) is 4.79 Å². The van der Waals surface area contributed by atoms with Crippen molar-refractivity contribution in [2.24, 2.45) is 5.73 Å². The standard InChI is InChI=1S/C13H19N3O2/c14-13(18)10-4-5-12(15-9-10)16-7-2-1-3-11(16)6-8-17/h4-5,9,11,17H,1-3,6-8H2,(H2,14,18). The quantitative estimate of drug-likeness (QED) is 0.831. The summed E-state index contributed by atoms with van der Waals surface area (Å²) in [5, 5.41) is 9.09. The second kappa shape index (κ2) is 5.82. The normalized spacial score (nSPS) is 19.8. The average molecular weight is 249 g/mol. The number of nitrogens with zero attached hydrogens (tertiary/aromatic N) is 2. The maximum absolute atomic E-state index is 11.0. The van der Waals surface area contributed by atoms with Crippen LogP contribution < -0.4 is 10.6 Å². The van der Waals surface area contributed by atoms with Crippen molar-refractivity contribution in [3.63, 3.8) is 0 Å². The van der Waals surface area contributed by atoms with Crippen molar-refractivity contribution < 1.29 is 9.90 Å². The van der Waals surface area contributed by atoms with Crippen molar-refractivity contribution in [3.8, 4) is 0 Å². The van der Waals surface area contributed by atoms with Gasteiger partial charge in [-0.1, -0.05) is 0 Å². The van der Waals surface area contributed by atoms with E-state index in [4.69, 9.17) is 10.8 Å². The zero-order valence-corrected chi connectivity index (χ0v) is 10.4. The fourth-order valence-corrected chi connectivity index (χ4v) is 2.45. The van der Waals surface area contributed by atoms with Gasteiger partial charge in [-0.05, 0) is 37.8 Å². The Morgan fingerprint density at radius 3 is 2.94 bits per heavy atom. The van der Waals surface area contributed by atoms with Crippen LogP contribution in [0.3, 0.4) is 0 Å². The van der Waals surface area contributed by atoms with Crippen molar-refractivity contribution in [2.45, 2.75) is 31.7 Å². The molecule has 5 nitrogen and oxygen atoms in total. The molecular weight excluding hydrogens is 230 g/mol. The smallest absolute Gasteiger partial charge is 0.250 e. The first-order valence-electron chi connectivity index (χ1n) is 6.35. The molecule has 18 heavy (non-hydrogen) atoms. The molecule has 1 atom stereocenters. The number of carbonyl (C=O) groups excluding carboxylic acids is 1. The van der Waals surface area contributed by atoms with Crippen LogP contribution in [0.15, 0.2) is 18.3 Å². The van der Waals surface area contributed by atoms with E-state index in [1.807, 2.05) is 6.07 Å². The van der Waals surface area contributed by atoms with Crippen molar-refractivity contribution in [2.75, 3.05) is 18.1 Å². The molecule has 0 aliphatic carbocycles. The highest BCUT2D eigenvalue weighted by Crippen LogP contribution is 2.24. The van der Waals surface area contributed by atoms with Gasteiger partial charge in [-0.15, -0.1) is 0 Å². The third-order valence-corrected chi connectivity index (χ3v) is 3.42. The van der Waals surface area contributed by atoms with Gasteiger partial charge >= 0.3 is 0 Å². The Bertz CT molecular complexity index is 403. The first kappa shape index (κ1) is 12.8. The van der Waals surface area contributed by atoms with Gasteiger partial charge in [0, 0.05) is 25.4 Å². The number of pyridine rings is 1. The molecule has 0 aromatic carbocycles. The maximum Gasteiger partial charge on any atom is 0.250 e. The van der Waals surface area contributed by atoms with Crippen molar-refractivity contribution in [3.05, 3.63) is 23.9 Å². The summed E-state index contributed by atoms with van der Waals surface area (Å²) in [7, 11) is 0. The van der Waals surface area contributed by atoms with Crippen LogP contribution >= 0.6 is 0 Å². The van der Waals surface area contributed by atoms with E-state index < -0.39 is 5.91 Å². The van der Waals surface area contributed by atoms with Crippen LogP contribution in [0.1, 0.15) is 36.0 Å². The summed E-state index contributed by atoms with van der Waals surface area (Å²) < 4.78 is 0. The zero-order valence-electron chi connectivity index (χ0n) is 10.4. The fraction of sp³-hybridized carbons (Fsp3) is 0.538. The highest BCUT2D eigenvalue weighted by Gasteiger charge is 2.22.